The molecular formula is C17H20FNO2. The van der Waals surface area contributed by atoms with Gasteiger partial charge in [0.2, 0.25) is 0 Å². The monoisotopic (exact) mass is 289 g/mol. The van der Waals surface area contributed by atoms with Crippen molar-refractivity contribution in [3.63, 3.8) is 0 Å². The molecule has 0 bridgehead atoms. The number of rotatable bonds is 6. The van der Waals surface area contributed by atoms with Crippen LogP contribution in [0.3, 0.4) is 0 Å². The third-order valence-electron chi connectivity index (χ3n) is 3.40. The average Bonchev–Trinajstić information content (AvgIpc) is 2.50. The Labute approximate surface area is 124 Å². The van der Waals surface area contributed by atoms with E-state index < -0.39 is 5.54 Å². The molecule has 0 saturated heterocycles. The Kier molecular flexibility index (Phi) is 4.81. The Morgan fingerprint density at radius 2 is 1.81 bits per heavy atom. The van der Waals surface area contributed by atoms with E-state index >= 15 is 0 Å². The summed E-state index contributed by atoms with van der Waals surface area (Å²) in [5, 5.41) is 12.8. The van der Waals surface area contributed by atoms with Crippen molar-refractivity contribution in [3.05, 3.63) is 59.9 Å². The number of hydrogen-bond acceptors (Lipinski definition) is 3. The first kappa shape index (κ1) is 15.3. The summed E-state index contributed by atoms with van der Waals surface area (Å²) >= 11 is 0. The van der Waals surface area contributed by atoms with Crippen LogP contribution >= 0.6 is 0 Å². The fourth-order valence-corrected chi connectivity index (χ4v) is 2.15. The van der Waals surface area contributed by atoms with Crippen molar-refractivity contribution in [3.8, 4) is 5.75 Å². The molecule has 0 heterocycles. The minimum absolute atomic E-state index is 0.157. The van der Waals surface area contributed by atoms with Gasteiger partial charge in [-0.05, 0) is 43.7 Å². The molecule has 3 nitrogen and oxygen atoms in total. The first-order valence-corrected chi connectivity index (χ1v) is 6.96. The van der Waals surface area contributed by atoms with Gasteiger partial charge in [0.05, 0.1) is 24.4 Å². The number of aliphatic hydroxyl groups excluding tert-OH is 1. The summed E-state index contributed by atoms with van der Waals surface area (Å²) in [4.78, 5) is 0. The van der Waals surface area contributed by atoms with Crippen molar-refractivity contribution < 1.29 is 14.2 Å². The highest BCUT2D eigenvalue weighted by Gasteiger charge is 2.26. The number of aliphatic hydroxyl groups is 1. The van der Waals surface area contributed by atoms with E-state index in [1.54, 1.807) is 18.2 Å². The van der Waals surface area contributed by atoms with Crippen LogP contribution in [0, 0.1) is 5.82 Å². The molecule has 112 valence electrons. The SMILES string of the molecule is CCOc1ccc(C(C)(CO)Nc2ccccc2F)cc1. The van der Waals surface area contributed by atoms with Gasteiger partial charge in [-0.25, -0.2) is 4.39 Å². The quantitative estimate of drug-likeness (QED) is 0.854. The molecule has 0 saturated carbocycles. The van der Waals surface area contributed by atoms with Crippen LogP contribution < -0.4 is 10.1 Å². The summed E-state index contributed by atoms with van der Waals surface area (Å²) in [5.41, 5.74) is 0.451. The number of para-hydroxylation sites is 1. The van der Waals surface area contributed by atoms with E-state index in [2.05, 4.69) is 5.32 Å². The summed E-state index contributed by atoms with van der Waals surface area (Å²) in [6.07, 6.45) is 0. The molecule has 4 heteroatoms. The second kappa shape index (κ2) is 6.59. The minimum Gasteiger partial charge on any atom is -0.494 e. The highest BCUT2D eigenvalue weighted by Crippen LogP contribution is 2.28. The van der Waals surface area contributed by atoms with Crippen LogP contribution in [0.4, 0.5) is 10.1 Å². The third kappa shape index (κ3) is 3.52. The zero-order valence-electron chi connectivity index (χ0n) is 12.3. The highest BCUT2D eigenvalue weighted by atomic mass is 19.1. The lowest BCUT2D eigenvalue weighted by Gasteiger charge is -2.31. The molecule has 0 aromatic heterocycles. The Hall–Kier alpha value is -2.07. The van der Waals surface area contributed by atoms with Gasteiger partial charge < -0.3 is 15.2 Å². The smallest absolute Gasteiger partial charge is 0.146 e. The van der Waals surface area contributed by atoms with Gasteiger partial charge in [0, 0.05) is 0 Å². The number of ether oxygens (including phenoxy) is 1. The summed E-state index contributed by atoms with van der Waals surface area (Å²) < 4.78 is 19.2. The first-order chi connectivity index (χ1) is 10.1. The van der Waals surface area contributed by atoms with Gasteiger partial charge in [0.25, 0.3) is 0 Å². The van der Waals surface area contributed by atoms with Crippen molar-refractivity contribution in [1.82, 2.24) is 0 Å². The third-order valence-corrected chi connectivity index (χ3v) is 3.40. The normalized spacial score (nSPS) is 13.5. The van der Waals surface area contributed by atoms with Gasteiger partial charge in [-0.2, -0.15) is 0 Å². The van der Waals surface area contributed by atoms with Gasteiger partial charge in [0.15, 0.2) is 0 Å². The van der Waals surface area contributed by atoms with E-state index in [-0.39, 0.29) is 12.4 Å². The van der Waals surface area contributed by atoms with E-state index in [1.165, 1.54) is 6.07 Å². The van der Waals surface area contributed by atoms with E-state index in [9.17, 15) is 9.50 Å². The number of benzene rings is 2. The summed E-state index contributed by atoms with van der Waals surface area (Å²) in [7, 11) is 0. The van der Waals surface area contributed by atoms with Crippen molar-refractivity contribution in [2.75, 3.05) is 18.5 Å². The molecule has 2 aromatic carbocycles. The standard InChI is InChI=1S/C17H20FNO2/c1-3-21-14-10-8-13(9-11-14)17(2,12-20)19-16-7-5-4-6-15(16)18/h4-11,19-20H,3,12H2,1-2H3. The van der Waals surface area contributed by atoms with Crippen LogP contribution in [-0.4, -0.2) is 18.3 Å². The lowest BCUT2D eigenvalue weighted by atomic mass is 9.92. The van der Waals surface area contributed by atoms with Crippen LogP contribution in [0.1, 0.15) is 19.4 Å². The average molecular weight is 289 g/mol. The zero-order valence-corrected chi connectivity index (χ0v) is 12.3. The molecule has 0 fully saturated rings. The van der Waals surface area contributed by atoms with E-state index in [1.807, 2.05) is 38.1 Å². The predicted molar refractivity (Wildman–Crippen MR) is 82.1 cm³/mol. The topological polar surface area (TPSA) is 41.5 Å². The van der Waals surface area contributed by atoms with Crippen LogP contribution in [0.15, 0.2) is 48.5 Å². The fraction of sp³-hybridized carbons (Fsp3) is 0.294. The fourth-order valence-electron chi connectivity index (χ4n) is 2.15. The molecule has 0 spiro atoms. The van der Waals surface area contributed by atoms with Crippen molar-refractivity contribution >= 4 is 5.69 Å². The Morgan fingerprint density at radius 1 is 1.14 bits per heavy atom. The second-order valence-electron chi connectivity index (χ2n) is 5.05. The number of halogens is 1. The molecule has 1 unspecified atom stereocenters. The summed E-state index contributed by atoms with van der Waals surface area (Å²) in [6.45, 7) is 4.19. The molecule has 1 atom stereocenters. The predicted octanol–water partition coefficient (Wildman–Crippen LogP) is 3.54. The molecular weight excluding hydrogens is 269 g/mol. The largest absolute Gasteiger partial charge is 0.494 e. The lowest BCUT2D eigenvalue weighted by molar-refractivity contribution is 0.223. The highest BCUT2D eigenvalue weighted by molar-refractivity contribution is 5.49. The Bertz CT molecular complexity index is 586. The van der Waals surface area contributed by atoms with Crippen molar-refractivity contribution in [2.45, 2.75) is 19.4 Å². The molecule has 0 aliphatic rings. The Morgan fingerprint density at radius 3 is 2.38 bits per heavy atom. The molecule has 2 rings (SSSR count). The number of hydrogen-bond donors (Lipinski definition) is 2. The van der Waals surface area contributed by atoms with Crippen LogP contribution in [0.2, 0.25) is 0 Å². The molecule has 21 heavy (non-hydrogen) atoms. The van der Waals surface area contributed by atoms with Crippen LogP contribution in [0.5, 0.6) is 5.75 Å². The maximum atomic E-state index is 13.8. The lowest BCUT2D eigenvalue weighted by Crippen LogP contribution is -2.36. The number of anilines is 1. The summed E-state index contributed by atoms with van der Waals surface area (Å²) in [6, 6.07) is 13.8. The summed E-state index contributed by atoms with van der Waals surface area (Å²) in [5.74, 6) is 0.426. The van der Waals surface area contributed by atoms with E-state index in [4.69, 9.17) is 4.74 Å². The van der Waals surface area contributed by atoms with Gasteiger partial charge in [-0.1, -0.05) is 24.3 Å². The van der Waals surface area contributed by atoms with Crippen molar-refractivity contribution in [2.24, 2.45) is 0 Å². The second-order valence-corrected chi connectivity index (χ2v) is 5.05. The van der Waals surface area contributed by atoms with Crippen LogP contribution in [0.25, 0.3) is 0 Å². The molecule has 2 aromatic rings. The van der Waals surface area contributed by atoms with Gasteiger partial charge in [0.1, 0.15) is 11.6 Å². The van der Waals surface area contributed by atoms with E-state index in [0.717, 1.165) is 11.3 Å². The van der Waals surface area contributed by atoms with Gasteiger partial charge in [-0.15, -0.1) is 0 Å². The van der Waals surface area contributed by atoms with Crippen molar-refractivity contribution in [1.29, 1.82) is 0 Å². The molecule has 0 radical (unpaired) electrons. The maximum absolute atomic E-state index is 13.8. The molecule has 0 aliphatic carbocycles. The molecule has 2 N–H and O–H groups in total. The van der Waals surface area contributed by atoms with Crippen LogP contribution in [-0.2, 0) is 5.54 Å². The Balaban J connectivity index is 2.26. The maximum Gasteiger partial charge on any atom is 0.146 e. The minimum atomic E-state index is -0.771. The zero-order chi connectivity index (χ0) is 15.3. The molecule has 0 amide bonds. The van der Waals surface area contributed by atoms with Gasteiger partial charge >= 0.3 is 0 Å². The van der Waals surface area contributed by atoms with E-state index in [0.29, 0.717) is 12.3 Å². The molecule has 0 aliphatic heterocycles. The van der Waals surface area contributed by atoms with Gasteiger partial charge in [-0.3, -0.25) is 0 Å². The first-order valence-electron chi connectivity index (χ1n) is 6.96. The number of nitrogens with one attached hydrogen (secondary N) is 1.